The van der Waals surface area contributed by atoms with Gasteiger partial charge in [0.1, 0.15) is 5.69 Å². The summed E-state index contributed by atoms with van der Waals surface area (Å²) in [5.74, 6) is -0.127. The summed E-state index contributed by atoms with van der Waals surface area (Å²) in [5.41, 5.74) is 1.33. The Morgan fingerprint density at radius 2 is 2.22 bits per heavy atom. The van der Waals surface area contributed by atoms with Crippen molar-refractivity contribution in [1.29, 1.82) is 0 Å². The molecule has 0 aliphatic heterocycles. The Bertz CT molecular complexity index is 392. The van der Waals surface area contributed by atoms with Gasteiger partial charge in [0.2, 0.25) is 0 Å². The zero-order valence-electron chi connectivity index (χ0n) is 11.5. The first kappa shape index (κ1) is 14.4. The lowest BCUT2D eigenvalue weighted by molar-refractivity contribution is 0.0932. The van der Waals surface area contributed by atoms with E-state index in [1.165, 1.54) is 0 Å². The first-order valence-electron chi connectivity index (χ1n) is 6.12. The normalized spacial score (nSPS) is 12.3. The highest BCUT2D eigenvalue weighted by molar-refractivity contribution is 5.93. The highest BCUT2D eigenvalue weighted by atomic mass is 16.1. The summed E-state index contributed by atoms with van der Waals surface area (Å²) in [6, 6.07) is 3.71. The molecular weight excluding hydrogens is 228 g/mol. The van der Waals surface area contributed by atoms with E-state index in [0.29, 0.717) is 5.69 Å². The van der Waals surface area contributed by atoms with Crippen LogP contribution in [-0.2, 0) is 0 Å². The van der Waals surface area contributed by atoms with Crippen molar-refractivity contribution in [3.63, 3.8) is 0 Å². The fraction of sp³-hybridized carbons (Fsp3) is 0.538. The lowest BCUT2D eigenvalue weighted by Gasteiger charge is -2.16. The fourth-order valence-corrected chi connectivity index (χ4v) is 1.53. The number of anilines is 1. The van der Waals surface area contributed by atoms with Crippen LogP contribution in [0, 0.1) is 0 Å². The number of hydrogen-bond acceptors (Lipinski definition) is 4. The van der Waals surface area contributed by atoms with Gasteiger partial charge in [0.05, 0.1) is 0 Å². The average molecular weight is 250 g/mol. The Hall–Kier alpha value is -1.62. The highest BCUT2D eigenvalue weighted by Crippen LogP contribution is 2.07. The van der Waals surface area contributed by atoms with Crippen LogP contribution < -0.4 is 10.6 Å². The van der Waals surface area contributed by atoms with Crippen LogP contribution in [0.15, 0.2) is 18.3 Å². The SMILES string of the molecule is CNc1ccnc(C(=O)NC(C)CCN(C)C)c1. The van der Waals surface area contributed by atoms with Crippen LogP contribution in [0.4, 0.5) is 5.69 Å². The maximum Gasteiger partial charge on any atom is 0.270 e. The molecule has 2 N–H and O–H groups in total. The maximum atomic E-state index is 12.0. The molecule has 0 fully saturated rings. The number of carbonyl (C=O) groups is 1. The minimum Gasteiger partial charge on any atom is -0.388 e. The summed E-state index contributed by atoms with van der Waals surface area (Å²) in [7, 11) is 5.86. The molecule has 0 saturated heterocycles. The molecule has 0 radical (unpaired) electrons. The second-order valence-electron chi connectivity index (χ2n) is 4.65. The van der Waals surface area contributed by atoms with E-state index in [9.17, 15) is 4.79 Å². The van der Waals surface area contributed by atoms with Crippen LogP contribution in [0.3, 0.4) is 0 Å². The van der Waals surface area contributed by atoms with E-state index in [0.717, 1.165) is 18.7 Å². The molecule has 1 aromatic rings. The minimum atomic E-state index is -0.127. The van der Waals surface area contributed by atoms with E-state index in [-0.39, 0.29) is 11.9 Å². The summed E-state index contributed by atoms with van der Waals surface area (Å²) in [5, 5.41) is 5.94. The first-order valence-corrected chi connectivity index (χ1v) is 6.12. The average Bonchev–Trinajstić information content (AvgIpc) is 2.36. The van der Waals surface area contributed by atoms with Crippen molar-refractivity contribution in [2.45, 2.75) is 19.4 Å². The van der Waals surface area contributed by atoms with Crippen molar-refractivity contribution >= 4 is 11.6 Å². The molecule has 5 heteroatoms. The molecule has 0 spiro atoms. The van der Waals surface area contributed by atoms with Crippen molar-refractivity contribution < 1.29 is 4.79 Å². The predicted octanol–water partition coefficient (Wildman–Crippen LogP) is 1.19. The molecule has 5 nitrogen and oxygen atoms in total. The molecule has 0 aliphatic rings. The number of amides is 1. The predicted molar refractivity (Wildman–Crippen MR) is 73.9 cm³/mol. The molecule has 0 saturated carbocycles. The van der Waals surface area contributed by atoms with Gasteiger partial charge in [-0.05, 0) is 46.1 Å². The molecular formula is C13H22N4O. The molecule has 100 valence electrons. The van der Waals surface area contributed by atoms with E-state index < -0.39 is 0 Å². The van der Waals surface area contributed by atoms with Crippen LogP contribution in [0.25, 0.3) is 0 Å². The molecule has 18 heavy (non-hydrogen) atoms. The molecule has 0 aromatic carbocycles. The smallest absolute Gasteiger partial charge is 0.270 e. The third-order valence-electron chi connectivity index (χ3n) is 2.67. The molecule has 1 unspecified atom stereocenters. The van der Waals surface area contributed by atoms with Gasteiger partial charge in [-0.3, -0.25) is 9.78 Å². The van der Waals surface area contributed by atoms with Crippen molar-refractivity contribution in [3.8, 4) is 0 Å². The van der Waals surface area contributed by atoms with Gasteiger partial charge in [0.25, 0.3) is 5.91 Å². The fourth-order valence-electron chi connectivity index (χ4n) is 1.53. The summed E-state index contributed by atoms with van der Waals surface area (Å²) in [4.78, 5) is 18.1. The minimum absolute atomic E-state index is 0.127. The number of pyridine rings is 1. The quantitative estimate of drug-likeness (QED) is 0.796. The zero-order chi connectivity index (χ0) is 13.5. The zero-order valence-corrected chi connectivity index (χ0v) is 11.5. The Morgan fingerprint density at radius 1 is 1.50 bits per heavy atom. The van der Waals surface area contributed by atoms with Crippen LogP contribution in [-0.4, -0.2) is 49.5 Å². The third kappa shape index (κ3) is 4.71. The molecule has 1 aromatic heterocycles. The molecule has 0 bridgehead atoms. The van der Waals surface area contributed by atoms with Crippen molar-refractivity contribution in [1.82, 2.24) is 15.2 Å². The van der Waals surface area contributed by atoms with Gasteiger partial charge in [-0.25, -0.2) is 0 Å². The van der Waals surface area contributed by atoms with Gasteiger partial charge >= 0.3 is 0 Å². The largest absolute Gasteiger partial charge is 0.388 e. The van der Waals surface area contributed by atoms with Crippen LogP contribution in [0.1, 0.15) is 23.8 Å². The van der Waals surface area contributed by atoms with E-state index in [4.69, 9.17) is 0 Å². The van der Waals surface area contributed by atoms with E-state index in [1.807, 2.05) is 34.1 Å². The number of rotatable bonds is 6. The van der Waals surface area contributed by atoms with Crippen LogP contribution >= 0.6 is 0 Å². The molecule has 1 atom stereocenters. The molecule has 0 aliphatic carbocycles. The summed E-state index contributed by atoms with van der Waals surface area (Å²) in [6.07, 6.45) is 2.55. The van der Waals surface area contributed by atoms with Crippen LogP contribution in [0.2, 0.25) is 0 Å². The topological polar surface area (TPSA) is 57.3 Å². The van der Waals surface area contributed by atoms with Crippen LogP contribution in [0.5, 0.6) is 0 Å². The summed E-state index contributed by atoms with van der Waals surface area (Å²) in [6.45, 7) is 2.95. The Morgan fingerprint density at radius 3 is 2.83 bits per heavy atom. The number of aromatic nitrogens is 1. The van der Waals surface area contributed by atoms with Crippen molar-refractivity contribution in [3.05, 3.63) is 24.0 Å². The maximum absolute atomic E-state index is 12.0. The number of hydrogen-bond donors (Lipinski definition) is 2. The number of nitrogens with zero attached hydrogens (tertiary/aromatic N) is 2. The molecule has 1 amide bonds. The third-order valence-corrected chi connectivity index (χ3v) is 2.67. The molecule has 1 rings (SSSR count). The Balaban J connectivity index is 2.53. The van der Waals surface area contributed by atoms with Gasteiger partial charge in [-0.15, -0.1) is 0 Å². The lowest BCUT2D eigenvalue weighted by atomic mass is 10.2. The van der Waals surface area contributed by atoms with E-state index in [2.05, 4.69) is 20.5 Å². The second kappa shape index (κ2) is 6.96. The van der Waals surface area contributed by atoms with Gasteiger partial charge in [0, 0.05) is 25.0 Å². The van der Waals surface area contributed by atoms with Crippen molar-refractivity contribution in [2.24, 2.45) is 0 Å². The molecule has 1 heterocycles. The van der Waals surface area contributed by atoms with Gasteiger partial charge in [-0.1, -0.05) is 0 Å². The lowest BCUT2D eigenvalue weighted by Crippen LogP contribution is -2.35. The number of carbonyl (C=O) groups excluding carboxylic acids is 1. The standard InChI is InChI=1S/C13H22N4O/c1-10(6-8-17(3)4)16-13(18)12-9-11(14-2)5-7-15-12/h5,7,9-10H,6,8H2,1-4H3,(H,14,15)(H,16,18). The summed E-state index contributed by atoms with van der Waals surface area (Å²) < 4.78 is 0. The first-order chi connectivity index (χ1) is 8.52. The highest BCUT2D eigenvalue weighted by Gasteiger charge is 2.11. The second-order valence-corrected chi connectivity index (χ2v) is 4.65. The van der Waals surface area contributed by atoms with Gasteiger partial charge < -0.3 is 15.5 Å². The van der Waals surface area contributed by atoms with E-state index in [1.54, 1.807) is 12.3 Å². The van der Waals surface area contributed by atoms with Gasteiger partial charge in [-0.2, -0.15) is 0 Å². The Labute approximate surface area is 109 Å². The van der Waals surface area contributed by atoms with Crippen molar-refractivity contribution in [2.75, 3.05) is 33.0 Å². The van der Waals surface area contributed by atoms with Gasteiger partial charge in [0.15, 0.2) is 0 Å². The van der Waals surface area contributed by atoms with E-state index >= 15 is 0 Å². The monoisotopic (exact) mass is 250 g/mol. The Kier molecular flexibility index (Phi) is 5.58. The number of nitrogens with one attached hydrogen (secondary N) is 2. The summed E-state index contributed by atoms with van der Waals surface area (Å²) >= 11 is 0.